The summed E-state index contributed by atoms with van der Waals surface area (Å²) in [5, 5.41) is 11.6. The van der Waals surface area contributed by atoms with E-state index >= 15 is 0 Å². The van der Waals surface area contributed by atoms with Gasteiger partial charge in [0.1, 0.15) is 0 Å². The van der Waals surface area contributed by atoms with Crippen LogP contribution in [-0.2, 0) is 13.1 Å². The summed E-state index contributed by atoms with van der Waals surface area (Å²) in [6, 6.07) is 2.20. The van der Waals surface area contributed by atoms with E-state index in [2.05, 4.69) is 32.1 Å². The minimum absolute atomic E-state index is 0.0142. The van der Waals surface area contributed by atoms with Gasteiger partial charge in [0.05, 0.1) is 11.8 Å². The molecule has 1 N–H and O–H groups in total. The summed E-state index contributed by atoms with van der Waals surface area (Å²) in [5.74, 6) is 0.521. The highest BCUT2D eigenvalue weighted by Gasteiger charge is 2.21. The monoisotopic (exact) mass is 332 g/mol. The fraction of sp³-hybridized carbons (Fsp3) is 0.529. The fourth-order valence-corrected chi connectivity index (χ4v) is 3.76. The van der Waals surface area contributed by atoms with E-state index in [-0.39, 0.29) is 5.91 Å². The van der Waals surface area contributed by atoms with Crippen LogP contribution in [0.4, 0.5) is 0 Å². The van der Waals surface area contributed by atoms with Gasteiger partial charge in [0.15, 0.2) is 0 Å². The van der Waals surface area contributed by atoms with Crippen molar-refractivity contribution in [3.05, 3.63) is 40.3 Å². The zero-order valence-electron chi connectivity index (χ0n) is 13.6. The number of rotatable bonds is 6. The first kappa shape index (κ1) is 16.2. The first-order chi connectivity index (χ1) is 11.2. The number of thiophene rings is 1. The maximum Gasteiger partial charge on any atom is 0.254 e. The summed E-state index contributed by atoms with van der Waals surface area (Å²) in [6.07, 6.45) is 5.84. The number of hydrogen-bond donors (Lipinski definition) is 1. The highest BCUT2D eigenvalue weighted by Crippen LogP contribution is 2.19. The van der Waals surface area contributed by atoms with E-state index in [0.29, 0.717) is 11.5 Å². The Kier molecular flexibility index (Phi) is 5.46. The van der Waals surface area contributed by atoms with E-state index in [1.54, 1.807) is 28.4 Å². The van der Waals surface area contributed by atoms with Crippen molar-refractivity contribution in [1.29, 1.82) is 0 Å². The number of carbonyl (C=O) groups excluding carboxylic acids is 1. The molecule has 2 aromatic rings. The molecule has 5 nitrogen and oxygen atoms in total. The Balaban J connectivity index is 1.46. The molecular weight excluding hydrogens is 308 g/mol. The van der Waals surface area contributed by atoms with Crippen molar-refractivity contribution < 1.29 is 4.79 Å². The fourth-order valence-electron chi connectivity index (χ4n) is 3.10. The van der Waals surface area contributed by atoms with Crippen LogP contribution in [0.1, 0.15) is 35.7 Å². The molecule has 0 spiro atoms. The van der Waals surface area contributed by atoms with Gasteiger partial charge in [-0.1, -0.05) is 0 Å². The van der Waals surface area contributed by atoms with E-state index in [9.17, 15) is 4.79 Å². The molecule has 1 aliphatic rings. The number of hydrogen-bond acceptors (Lipinski definition) is 4. The van der Waals surface area contributed by atoms with E-state index in [1.165, 1.54) is 18.4 Å². The normalized spacial score (nSPS) is 18.9. The number of piperidine rings is 1. The molecule has 1 atom stereocenters. The molecule has 3 rings (SSSR count). The van der Waals surface area contributed by atoms with Gasteiger partial charge in [-0.05, 0) is 54.6 Å². The lowest BCUT2D eigenvalue weighted by molar-refractivity contribution is 0.0930. The lowest BCUT2D eigenvalue weighted by Gasteiger charge is -2.32. The molecule has 0 saturated carbocycles. The van der Waals surface area contributed by atoms with Gasteiger partial charge in [-0.15, -0.1) is 0 Å². The van der Waals surface area contributed by atoms with E-state index in [1.807, 2.05) is 6.92 Å². The molecule has 0 aromatic carbocycles. The van der Waals surface area contributed by atoms with Crippen molar-refractivity contribution in [3.8, 4) is 0 Å². The van der Waals surface area contributed by atoms with Crippen LogP contribution in [0.5, 0.6) is 0 Å². The van der Waals surface area contributed by atoms with Crippen LogP contribution < -0.4 is 5.32 Å². The minimum Gasteiger partial charge on any atom is -0.352 e. The Morgan fingerprint density at radius 1 is 1.52 bits per heavy atom. The summed E-state index contributed by atoms with van der Waals surface area (Å²) >= 11 is 1.75. The topological polar surface area (TPSA) is 50.2 Å². The quantitative estimate of drug-likeness (QED) is 0.885. The molecule has 1 amide bonds. The summed E-state index contributed by atoms with van der Waals surface area (Å²) in [7, 11) is 0. The van der Waals surface area contributed by atoms with Crippen LogP contribution in [0.3, 0.4) is 0 Å². The molecule has 124 valence electrons. The third-order valence-electron chi connectivity index (χ3n) is 4.36. The molecule has 0 radical (unpaired) electrons. The second-order valence-corrected chi connectivity index (χ2v) is 6.95. The zero-order valence-corrected chi connectivity index (χ0v) is 14.4. The van der Waals surface area contributed by atoms with Gasteiger partial charge in [-0.3, -0.25) is 14.4 Å². The molecule has 0 aliphatic carbocycles. The average Bonchev–Trinajstić information content (AvgIpc) is 3.24. The molecule has 3 heterocycles. The average molecular weight is 332 g/mol. The molecule has 0 bridgehead atoms. The van der Waals surface area contributed by atoms with E-state index < -0.39 is 0 Å². The lowest BCUT2D eigenvalue weighted by Crippen LogP contribution is -2.40. The molecule has 2 aromatic heterocycles. The Hall–Kier alpha value is -1.66. The van der Waals surface area contributed by atoms with Crippen molar-refractivity contribution in [2.24, 2.45) is 5.92 Å². The van der Waals surface area contributed by atoms with Crippen molar-refractivity contribution in [2.75, 3.05) is 19.6 Å². The van der Waals surface area contributed by atoms with Gasteiger partial charge in [0.2, 0.25) is 0 Å². The Morgan fingerprint density at radius 2 is 2.43 bits per heavy atom. The maximum absolute atomic E-state index is 12.2. The SMILES string of the molecule is CCn1cc(C(=O)NCC2CCCN(Cc3ccsc3)C2)cn1. The van der Waals surface area contributed by atoms with Crippen LogP contribution in [-0.4, -0.2) is 40.2 Å². The number of amides is 1. The number of nitrogens with zero attached hydrogens (tertiary/aromatic N) is 3. The molecule has 1 unspecified atom stereocenters. The predicted octanol–water partition coefficient (Wildman–Crippen LogP) is 2.61. The Bertz CT molecular complexity index is 622. The molecule has 1 aliphatic heterocycles. The second kappa shape index (κ2) is 7.75. The van der Waals surface area contributed by atoms with Crippen LogP contribution in [0.2, 0.25) is 0 Å². The van der Waals surface area contributed by atoms with Gasteiger partial charge in [-0.25, -0.2) is 0 Å². The summed E-state index contributed by atoms with van der Waals surface area (Å²) < 4.78 is 1.78. The first-order valence-corrected chi connectivity index (χ1v) is 9.23. The van der Waals surface area contributed by atoms with Gasteiger partial charge in [0, 0.05) is 32.4 Å². The highest BCUT2D eigenvalue weighted by molar-refractivity contribution is 7.07. The van der Waals surface area contributed by atoms with Gasteiger partial charge in [0.25, 0.3) is 5.91 Å². The Morgan fingerprint density at radius 3 is 3.17 bits per heavy atom. The highest BCUT2D eigenvalue weighted by atomic mass is 32.1. The van der Waals surface area contributed by atoms with Crippen LogP contribution in [0, 0.1) is 5.92 Å². The summed E-state index contributed by atoms with van der Waals surface area (Å²) in [5.41, 5.74) is 2.05. The largest absolute Gasteiger partial charge is 0.352 e. The van der Waals surface area contributed by atoms with Gasteiger partial charge >= 0.3 is 0 Å². The van der Waals surface area contributed by atoms with Crippen LogP contribution in [0.15, 0.2) is 29.2 Å². The maximum atomic E-state index is 12.2. The standard InChI is InChI=1S/C17H24N4OS/c1-2-21-12-16(9-19-21)17(22)18-8-14-4-3-6-20(10-14)11-15-5-7-23-13-15/h5,7,9,12-14H,2-4,6,8,10-11H2,1H3,(H,18,22). The van der Waals surface area contributed by atoms with E-state index in [4.69, 9.17) is 0 Å². The zero-order chi connectivity index (χ0) is 16.1. The van der Waals surface area contributed by atoms with Crippen LogP contribution >= 0.6 is 11.3 Å². The van der Waals surface area contributed by atoms with Crippen molar-refractivity contribution in [2.45, 2.75) is 32.9 Å². The van der Waals surface area contributed by atoms with Gasteiger partial charge in [-0.2, -0.15) is 16.4 Å². The first-order valence-electron chi connectivity index (χ1n) is 8.28. The number of likely N-dealkylation sites (tertiary alicyclic amines) is 1. The number of aryl methyl sites for hydroxylation is 1. The molecule has 1 saturated heterocycles. The minimum atomic E-state index is -0.0142. The van der Waals surface area contributed by atoms with Crippen molar-refractivity contribution >= 4 is 17.2 Å². The Labute approximate surface area is 141 Å². The van der Waals surface area contributed by atoms with Crippen molar-refractivity contribution in [3.63, 3.8) is 0 Å². The molecule has 1 fully saturated rings. The second-order valence-electron chi connectivity index (χ2n) is 6.17. The molecule has 23 heavy (non-hydrogen) atoms. The third-order valence-corrected chi connectivity index (χ3v) is 5.09. The third kappa shape index (κ3) is 4.42. The van der Waals surface area contributed by atoms with E-state index in [0.717, 1.165) is 32.7 Å². The van der Waals surface area contributed by atoms with Crippen molar-refractivity contribution in [1.82, 2.24) is 20.0 Å². The lowest BCUT2D eigenvalue weighted by atomic mass is 9.97. The predicted molar refractivity (Wildman–Crippen MR) is 92.6 cm³/mol. The summed E-state index contributed by atoms with van der Waals surface area (Å²) in [4.78, 5) is 14.7. The number of carbonyl (C=O) groups is 1. The smallest absolute Gasteiger partial charge is 0.254 e. The number of nitrogens with one attached hydrogen (secondary N) is 1. The molecular formula is C17H24N4OS. The number of aromatic nitrogens is 2. The van der Waals surface area contributed by atoms with Gasteiger partial charge < -0.3 is 5.32 Å². The van der Waals surface area contributed by atoms with Crippen LogP contribution in [0.25, 0.3) is 0 Å². The summed E-state index contributed by atoms with van der Waals surface area (Å²) in [6.45, 7) is 6.79. The molecule has 6 heteroatoms.